The minimum Gasteiger partial charge on any atom is -0.358 e. The first kappa shape index (κ1) is 12.9. The van der Waals surface area contributed by atoms with Gasteiger partial charge in [-0.2, -0.15) is 11.8 Å². The molecule has 0 aliphatic heterocycles. The van der Waals surface area contributed by atoms with E-state index < -0.39 is 0 Å². The highest BCUT2D eigenvalue weighted by Gasteiger charge is 2.10. The number of thioether (sulfide) groups is 1. The number of aldehydes is 1. The second kappa shape index (κ2) is 5.87. The quantitative estimate of drug-likeness (QED) is 0.774. The van der Waals surface area contributed by atoms with Crippen LogP contribution in [0.25, 0.3) is 10.9 Å². The van der Waals surface area contributed by atoms with Crippen molar-refractivity contribution < 1.29 is 4.79 Å². The van der Waals surface area contributed by atoms with Gasteiger partial charge in [-0.3, -0.25) is 4.79 Å². The summed E-state index contributed by atoms with van der Waals surface area (Å²) in [4.78, 5) is 17.8. The highest BCUT2D eigenvalue weighted by molar-refractivity contribution is 7.98. The van der Waals surface area contributed by atoms with Crippen molar-refractivity contribution in [2.75, 3.05) is 30.5 Å². The predicted molar refractivity (Wildman–Crippen MR) is 78.8 cm³/mol. The van der Waals surface area contributed by atoms with Gasteiger partial charge in [0.05, 0.1) is 11.1 Å². The van der Waals surface area contributed by atoms with Gasteiger partial charge in [0.15, 0.2) is 6.29 Å². The maximum Gasteiger partial charge on any atom is 0.153 e. The van der Waals surface area contributed by atoms with E-state index >= 15 is 0 Å². The molecule has 0 radical (unpaired) electrons. The molecule has 0 spiro atoms. The molecule has 3 nitrogen and oxygen atoms in total. The summed E-state index contributed by atoms with van der Waals surface area (Å²) < 4.78 is 0. The van der Waals surface area contributed by atoms with E-state index in [1.807, 2.05) is 42.3 Å². The maximum absolute atomic E-state index is 11.2. The SMILES string of the molecule is CSCCN(C)c1nc2ccccc2cc1C=O. The molecular weight excluding hydrogens is 244 g/mol. The lowest BCUT2D eigenvalue weighted by atomic mass is 10.1. The Balaban J connectivity index is 2.44. The highest BCUT2D eigenvalue weighted by atomic mass is 32.2. The Hall–Kier alpha value is -1.55. The lowest BCUT2D eigenvalue weighted by Gasteiger charge is -2.19. The monoisotopic (exact) mass is 260 g/mol. The Morgan fingerprint density at radius 1 is 1.39 bits per heavy atom. The number of fused-ring (bicyclic) bond motifs is 1. The van der Waals surface area contributed by atoms with Crippen molar-refractivity contribution in [3.8, 4) is 0 Å². The number of para-hydroxylation sites is 1. The van der Waals surface area contributed by atoms with Crippen LogP contribution in [0, 0.1) is 0 Å². The third-order valence-corrected chi connectivity index (χ3v) is 3.44. The number of nitrogens with zero attached hydrogens (tertiary/aromatic N) is 2. The Morgan fingerprint density at radius 2 is 2.17 bits per heavy atom. The van der Waals surface area contributed by atoms with Crippen LogP contribution in [0.5, 0.6) is 0 Å². The van der Waals surface area contributed by atoms with Crippen LogP contribution in [0.15, 0.2) is 30.3 Å². The van der Waals surface area contributed by atoms with Gasteiger partial charge in [0, 0.05) is 24.7 Å². The molecule has 0 N–H and O–H groups in total. The van der Waals surface area contributed by atoms with Crippen molar-refractivity contribution in [2.45, 2.75) is 0 Å². The number of rotatable bonds is 5. The molecule has 0 fully saturated rings. The fourth-order valence-corrected chi connectivity index (χ4v) is 2.31. The van der Waals surface area contributed by atoms with E-state index in [0.717, 1.165) is 35.3 Å². The second-order valence-corrected chi connectivity index (χ2v) is 5.11. The van der Waals surface area contributed by atoms with Gasteiger partial charge in [0.1, 0.15) is 5.82 Å². The molecule has 0 saturated carbocycles. The van der Waals surface area contributed by atoms with E-state index in [9.17, 15) is 4.79 Å². The molecule has 0 saturated heterocycles. The second-order valence-electron chi connectivity index (χ2n) is 4.13. The van der Waals surface area contributed by atoms with Crippen LogP contribution in [0.3, 0.4) is 0 Å². The van der Waals surface area contributed by atoms with Crippen LogP contribution in [0.4, 0.5) is 5.82 Å². The standard InChI is InChI=1S/C14H16N2OS/c1-16(7-8-18-2)14-12(10-17)9-11-5-3-4-6-13(11)15-14/h3-6,9-10H,7-8H2,1-2H3. The Labute approximate surface area is 111 Å². The molecule has 18 heavy (non-hydrogen) atoms. The molecule has 94 valence electrons. The van der Waals surface area contributed by atoms with Crippen molar-refractivity contribution in [3.05, 3.63) is 35.9 Å². The third-order valence-electron chi connectivity index (χ3n) is 2.85. The molecule has 0 bridgehead atoms. The smallest absolute Gasteiger partial charge is 0.153 e. The third kappa shape index (κ3) is 2.64. The fraction of sp³-hybridized carbons (Fsp3) is 0.286. The van der Waals surface area contributed by atoms with E-state index in [1.165, 1.54) is 0 Å². The zero-order valence-electron chi connectivity index (χ0n) is 10.6. The van der Waals surface area contributed by atoms with Crippen molar-refractivity contribution in [1.82, 2.24) is 4.98 Å². The van der Waals surface area contributed by atoms with E-state index in [-0.39, 0.29) is 0 Å². The number of hydrogen-bond acceptors (Lipinski definition) is 4. The average Bonchev–Trinajstić information content (AvgIpc) is 2.43. The average molecular weight is 260 g/mol. The van der Waals surface area contributed by atoms with Crippen LogP contribution in [-0.4, -0.2) is 36.9 Å². The van der Waals surface area contributed by atoms with Crippen LogP contribution in [0.1, 0.15) is 10.4 Å². The molecule has 1 aromatic heterocycles. The van der Waals surface area contributed by atoms with E-state index in [2.05, 4.69) is 11.2 Å². The van der Waals surface area contributed by atoms with Crippen LogP contribution in [-0.2, 0) is 0 Å². The number of hydrogen-bond donors (Lipinski definition) is 0. The van der Waals surface area contributed by atoms with Gasteiger partial charge in [-0.05, 0) is 18.4 Å². The molecule has 0 aliphatic rings. The molecule has 1 aromatic carbocycles. The van der Waals surface area contributed by atoms with Crippen molar-refractivity contribution in [3.63, 3.8) is 0 Å². The summed E-state index contributed by atoms with van der Waals surface area (Å²) in [5.41, 5.74) is 1.58. The number of carbonyl (C=O) groups excluding carboxylic acids is 1. The summed E-state index contributed by atoms with van der Waals surface area (Å²) in [6.45, 7) is 0.882. The summed E-state index contributed by atoms with van der Waals surface area (Å²) >= 11 is 1.78. The van der Waals surface area contributed by atoms with Gasteiger partial charge in [-0.25, -0.2) is 4.98 Å². The number of anilines is 1. The van der Waals surface area contributed by atoms with Gasteiger partial charge in [0.2, 0.25) is 0 Å². The first-order valence-electron chi connectivity index (χ1n) is 5.81. The lowest BCUT2D eigenvalue weighted by molar-refractivity contribution is 0.112. The molecule has 0 atom stereocenters. The molecule has 0 amide bonds. The van der Waals surface area contributed by atoms with Gasteiger partial charge >= 0.3 is 0 Å². The lowest BCUT2D eigenvalue weighted by Crippen LogP contribution is -2.22. The largest absolute Gasteiger partial charge is 0.358 e. The number of pyridine rings is 1. The van der Waals surface area contributed by atoms with Crippen LogP contribution >= 0.6 is 11.8 Å². The molecule has 2 aromatic rings. The number of benzene rings is 1. The van der Waals surface area contributed by atoms with Gasteiger partial charge in [-0.1, -0.05) is 18.2 Å². The molecule has 0 unspecified atom stereocenters. The zero-order valence-corrected chi connectivity index (χ0v) is 11.4. The number of aromatic nitrogens is 1. The normalized spacial score (nSPS) is 10.6. The first-order chi connectivity index (χ1) is 8.76. The minimum absolute atomic E-state index is 0.650. The van der Waals surface area contributed by atoms with Crippen LogP contribution < -0.4 is 4.90 Å². The molecule has 1 heterocycles. The molecular formula is C14H16N2OS. The van der Waals surface area contributed by atoms with Gasteiger partial charge < -0.3 is 4.90 Å². The zero-order chi connectivity index (χ0) is 13.0. The fourth-order valence-electron chi connectivity index (χ4n) is 1.85. The Kier molecular flexibility index (Phi) is 4.20. The van der Waals surface area contributed by atoms with E-state index in [4.69, 9.17) is 0 Å². The molecule has 0 aliphatic carbocycles. The Bertz CT molecular complexity index is 556. The van der Waals surface area contributed by atoms with Crippen molar-refractivity contribution >= 4 is 34.8 Å². The number of carbonyl (C=O) groups is 1. The highest BCUT2D eigenvalue weighted by Crippen LogP contribution is 2.21. The van der Waals surface area contributed by atoms with Gasteiger partial charge in [-0.15, -0.1) is 0 Å². The predicted octanol–water partition coefficient (Wildman–Crippen LogP) is 2.85. The van der Waals surface area contributed by atoms with Gasteiger partial charge in [0.25, 0.3) is 0 Å². The summed E-state index contributed by atoms with van der Waals surface area (Å²) in [5, 5.41) is 1.00. The molecule has 4 heteroatoms. The summed E-state index contributed by atoms with van der Waals surface area (Å²) in [7, 11) is 1.97. The summed E-state index contributed by atoms with van der Waals surface area (Å²) in [6, 6.07) is 9.76. The summed E-state index contributed by atoms with van der Waals surface area (Å²) in [6.07, 6.45) is 2.95. The minimum atomic E-state index is 0.650. The first-order valence-corrected chi connectivity index (χ1v) is 7.20. The maximum atomic E-state index is 11.2. The van der Waals surface area contributed by atoms with Crippen LogP contribution in [0.2, 0.25) is 0 Å². The van der Waals surface area contributed by atoms with E-state index in [0.29, 0.717) is 5.56 Å². The summed E-state index contributed by atoms with van der Waals surface area (Å²) in [5.74, 6) is 1.78. The topological polar surface area (TPSA) is 33.2 Å². The molecule has 2 rings (SSSR count). The van der Waals surface area contributed by atoms with Crippen molar-refractivity contribution in [2.24, 2.45) is 0 Å². The Morgan fingerprint density at radius 3 is 2.89 bits per heavy atom. The van der Waals surface area contributed by atoms with Crippen molar-refractivity contribution in [1.29, 1.82) is 0 Å². The van der Waals surface area contributed by atoms with E-state index in [1.54, 1.807) is 11.8 Å².